The minimum absolute atomic E-state index is 0.0848. The lowest BCUT2D eigenvalue weighted by molar-refractivity contribution is 0.0933. The molecule has 0 fully saturated rings. The van der Waals surface area contributed by atoms with Gasteiger partial charge in [0.15, 0.2) is 5.11 Å². The maximum Gasteiger partial charge on any atom is 0.252 e. The number of carbonyl (C=O) groups excluding carboxylic acids is 2. The van der Waals surface area contributed by atoms with Crippen molar-refractivity contribution in [3.8, 4) is 0 Å². The third-order valence-corrected chi connectivity index (χ3v) is 6.92. The maximum absolute atomic E-state index is 12.6. The molecule has 2 amide bonds. The van der Waals surface area contributed by atoms with Gasteiger partial charge in [0.25, 0.3) is 11.8 Å². The van der Waals surface area contributed by atoms with Crippen LogP contribution in [0.15, 0.2) is 24.3 Å². The molecule has 166 valence electrons. The van der Waals surface area contributed by atoms with Crippen LogP contribution in [0.5, 0.6) is 0 Å². The van der Waals surface area contributed by atoms with Gasteiger partial charge < -0.3 is 21.7 Å². The topological polar surface area (TPSA) is 96.2 Å². The summed E-state index contributed by atoms with van der Waals surface area (Å²) < 4.78 is -1.90. The number of nitrogens with two attached hydrogens (primary N) is 1. The lowest BCUT2D eigenvalue weighted by Gasteiger charge is -2.27. The van der Waals surface area contributed by atoms with Gasteiger partial charge >= 0.3 is 0 Å². The Kier molecular flexibility index (Phi) is 7.70. The second-order valence-corrected chi connectivity index (χ2v) is 11.1. The van der Waals surface area contributed by atoms with Crippen LogP contribution in [-0.2, 0) is 12.8 Å². The van der Waals surface area contributed by atoms with E-state index in [0.717, 1.165) is 41.7 Å². The third-order valence-electron chi connectivity index (χ3n) is 4.84. The molecule has 1 atom stereocenters. The fraction of sp³-hybridized carbons (Fsp3) is 0.350. The lowest BCUT2D eigenvalue weighted by Crippen LogP contribution is -2.56. The molecule has 3 rings (SSSR count). The van der Waals surface area contributed by atoms with Crippen LogP contribution in [0, 0.1) is 6.92 Å². The van der Waals surface area contributed by atoms with E-state index in [1.54, 1.807) is 12.1 Å². The van der Waals surface area contributed by atoms with E-state index in [4.69, 9.17) is 52.8 Å². The number of carbonyl (C=O) groups is 2. The van der Waals surface area contributed by atoms with Crippen molar-refractivity contribution in [3.63, 3.8) is 0 Å². The van der Waals surface area contributed by atoms with Crippen LogP contribution in [0.3, 0.4) is 0 Å². The van der Waals surface area contributed by atoms with E-state index in [2.05, 4.69) is 16.0 Å². The molecule has 11 heteroatoms. The van der Waals surface area contributed by atoms with Gasteiger partial charge in [0.2, 0.25) is 3.79 Å². The minimum Gasteiger partial charge on any atom is -0.365 e. The Bertz CT molecular complexity index is 1000. The van der Waals surface area contributed by atoms with Crippen LogP contribution in [0.2, 0.25) is 0 Å². The monoisotopic (exact) mass is 518 g/mol. The van der Waals surface area contributed by atoms with Gasteiger partial charge in [-0.1, -0.05) is 52.5 Å². The van der Waals surface area contributed by atoms with Crippen molar-refractivity contribution in [1.29, 1.82) is 0 Å². The van der Waals surface area contributed by atoms with Gasteiger partial charge in [0.1, 0.15) is 11.2 Å². The van der Waals surface area contributed by atoms with Gasteiger partial charge in [-0.25, -0.2) is 0 Å². The quantitative estimate of drug-likeness (QED) is 0.266. The summed E-state index contributed by atoms with van der Waals surface area (Å²) >= 11 is 25.0. The Labute approximate surface area is 204 Å². The number of primary amides is 1. The molecule has 1 aliphatic carbocycles. The number of amides is 2. The van der Waals surface area contributed by atoms with Crippen LogP contribution >= 0.6 is 58.4 Å². The van der Waals surface area contributed by atoms with Crippen LogP contribution < -0.4 is 21.7 Å². The molecule has 0 spiro atoms. The molecular weight excluding hydrogens is 499 g/mol. The molecule has 1 aromatic carbocycles. The van der Waals surface area contributed by atoms with Crippen LogP contribution in [0.4, 0.5) is 5.00 Å². The molecule has 6 nitrogen and oxygen atoms in total. The van der Waals surface area contributed by atoms with Crippen molar-refractivity contribution in [2.45, 2.75) is 42.6 Å². The Morgan fingerprint density at radius 1 is 1.13 bits per heavy atom. The summed E-state index contributed by atoms with van der Waals surface area (Å²) in [5.41, 5.74) is 8.45. The van der Waals surface area contributed by atoms with E-state index >= 15 is 0 Å². The average molecular weight is 520 g/mol. The van der Waals surface area contributed by atoms with E-state index in [0.29, 0.717) is 16.1 Å². The third kappa shape index (κ3) is 6.02. The highest BCUT2D eigenvalue weighted by atomic mass is 35.6. The summed E-state index contributed by atoms with van der Waals surface area (Å²) in [6.07, 6.45) is 2.64. The zero-order valence-corrected chi connectivity index (χ0v) is 20.5. The molecule has 0 saturated carbocycles. The first-order valence-electron chi connectivity index (χ1n) is 9.52. The van der Waals surface area contributed by atoms with Gasteiger partial charge in [-0.2, -0.15) is 0 Å². The number of fused-ring (bicyclic) bond motifs is 1. The van der Waals surface area contributed by atoms with Crippen molar-refractivity contribution in [1.82, 2.24) is 10.6 Å². The average Bonchev–Trinajstić information content (AvgIpc) is 3.05. The number of nitrogens with one attached hydrogen (secondary N) is 3. The van der Waals surface area contributed by atoms with E-state index in [1.807, 2.05) is 19.1 Å². The molecular formula is C20H21Cl3N4O2S2. The molecule has 5 N–H and O–H groups in total. The fourth-order valence-electron chi connectivity index (χ4n) is 3.30. The molecule has 0 aliphatic heterocycles. The van der Waals surface area contributed by atoms with Gasteiger partial charge in [-0.05, 0) is 62.5 Å². The first-order chi connectivity index (χ1) is 14.6. The van der Waals surface area contributed by atoms with Gasteiger partial charge in [-0.15, -0.1) is 11.3 Å². The van der Waals surface area contributed by atoms with E-state index in [1.165, 1.54) is 11.3 Å². The molecule has 1 aliphatic rings. The number of aryl methyl sites for hydroxylation is 2. The van der Waals surface area contributed by atoms with Crippen molar-refractivity contribution in [3.05, 3.63) is 51.4 Å². The zero-order chi connectivity index (χ0) is 22.8. The van der Waals surface area contributed by atoms with Crippen molar-refractivity contribution in [2.75, 3.05) is 5.32 Å². The summed E-state index contributed by atoms with van der Waals surface area (Å²) in [5, 5.41) is 9.06. The van der Waals surface area contributed by atoms with Gasteiger partial charge in [0, 0.05) is 10.4 Å². The number of hydrogen-bond donors (Lipinski definition) is 4. The molecule has 0 radical (unpaired) electrons. The van der Waals surface area contributed by atoms with Crippen LogP contribution in [-0.4, -0.2) is 26.9 Å². The number of hydrogen-bond acceptors (Lipinski definition) is 4. The van der Waals surface area contributed by atoms with Gasteiger partial charge in [0.05, 0.1) is 5.56 Å². The number of thiophene rings is 1. The standard InChI is InChI=1S/C20H21Cl3N4O2S2/c1-10-6-8-11(9-7-10)16(29)25-18(20(21,22)23)27-19(30)26-17-14(15(24)28)12-4-2-3-5-13(12)31-17/h6-9,18H,2-5H2,1H3,(H2,24,28)(H,25,29)(H2,26,27,30)/t18-/m0/s1. The number of halogens is 3. The summed E-state index contributed by atoms with van der Waals surface area (Å²) in [7, 11) is 0. The number of alkyl halides is 3. The van der Waals surface area contributed by atoms with E-state index in [9.17, 15) is 9.59 Å². The summed E-state index contributed by atoms with van der Waals surface area (Å²) in [4.78, 5) is 25.7. The van der Waals surface area contributed by atoms with Crippen molar-refractivity contribution < 1.29 is 9.59 Å². The summed E-state index contributed by atoms with van der Waals surface area (Å²) in [5.74, 6) is -0.952. The Balaban J connectivity index is 1.75. The van der Waals surface area contributed by atoms with Gasteiger partial charge in [-0.3, -0.25) is 9.59 Å². The second-order valence-electron chi connectivity index (χ2n) is 7.19. The molecule has 0 saturated heterocycles. The maximum atomic E-state index is 12.6. The van der Waals surface area contributed by atoms with Crippen molar-refractivity contribution in [2.24, 2.45) is 5.73 Å². The lowest BCUT2D eigenvalue weighted by atomic mass is 9.95. The highest BCUT2D eigenvalue weighted by molar-refractivity contribution is 7.80. The number of benzene rings is 1. The zero-order valence-electron chi connectivity index (χ0n) is 16.6. The van der Waals surface area contributed by atoms with Crippen LogP contribution in [0.1, 0.15) is 49.6 Å². The summed E-state index contributed by atoms with van der Waals surface area (Å²) in [6, 6.07) is 6.96. The minimum atomic E-state index is -1.90. The highest BCUT2D eigenvalue weighted by Gasteiger charge is 2.35. The molecule has 1 aromatic heterocycles. The first-order valence-corrected chi connectivity index (χ1v) is 11.9. The van der Waals surface area contributed by atoms with E-state index < -0.39 is 21.8 Å². The van der Waals surface area contributed by atoms with Crippen LogP contribution in [0.25, 0.3) is 0 Å². The molecule has 0 bridgehead atoms. The number of thiocarbonyl (C=S) groups is 1. The molecule has 31 heavy (non-hydrogen) atoms. The molecule has 1 heterocycles. The first kappa shape index (κ1) is 24.1. The van der Waals surface area contributed by atoms with E-state index in [-0.39, 0.29) is 5.11 Å². The SMILES string of the molecule is Cc1ccc(C(=O)N[C@@H](NC(=S)Nc2sc3c(c2C(N)=O)CCCC3)C(Cl)(Cl)Cl)cc1. The number of anilines is 1. The number of rotatable bonds is 5. The Morgan fingerprint density at radius 2 is 1.77 bits per heavy atom. The predicted octanol–water partition coefficient (Wildman–Crippen LogP) is 4.45. The Morgan fingerprint density at radius 3 is 2.39 bits per heavy atom. The smallest absolute Gasteiger partial charge is 0.252 e. The normalized spacial score (nSPS) is 14.3. The highest BCUT2D eigenvalue weighted by Crippen LogP contribution is 2.38. The summed E-state index contributed by atoms with van der Waals surface area (Å²) in [6.45, 7) is 1.92. The second kappa shape index (κ2) is 9.92. The fourth-order valence-corrected chi connectivity index (χ4v) is 5.21. The Hall–Kier alpha value is -1.58. The predicted molar refractivity (Wildman–Crippen MR) is 132 cm³/mol. The largest absolute Gasteiger partial charge is 0.365 e. The van der Waals surface area contributed by atoms with Crippen molar-refractivity contribution >= 4 is 80.3 Å². The molecule has 0 unspecified atom stereocenters. The molecule has 2 aromatic rings.